The predicted molar refractivity (Wildman–Crippen MR) is 109 cm³/mol. The second-order valence-electron chi connectivity index (χ2n) is 7.24. The highest BCUT2D eigenvalue weighted by molar-refractivity contribution is 7.93. The zero-order valence-corrected chi connectivity index (χ0v) is 17.0. The molecular formula is C20H19F3N4O3S. The second kappa shape index (κ2) is 8.29. The van der Waals surface area contributed by atoms with Crippen molar-refractivity contribution in [3.05, 3.63) is 53.2 Å². The van der Waals surface area contributed by atoms with Crippen LogP contribution in [0.4, 0.5) is 13.2 Å². The lowest BCUT2D eigenvalue weighted by molar-refractivity contribution is 0.263. The van der Waals surface area contributed by atoms with Gasteiger partial charge in [0.25, 0.3) is 0 Å². The lowest BCUT2D eigenvalue weighted by Gasteiger charge is -2.26. The van der Waals surface area contributed by atoms with E-state index in [0.29, 0.717) is 18.4 Å². The first kappa shape index (κ1) is 21.3. The molecule has 0 aliphatic carbocycles. The van der Waals surface area contributed by atoms with Crippen LogP contribution in [0.15, 0.2) is 35.6 Å². The van der Waals surface area contributed by atoms with E-state index in [1.165, 1.54) is 12.1 Å². The summed E-state index contributed by atoms with van der Waals surface area (Å²) >= 11 is 0. The van der Waals surface area contributed by atoms with Gasteiger partial charge in [0.05, 0.1) is 23.7 Å². The molecule has 1 saturated heterocycles. The zero-order valence-electron chi connectivity index (χ0n) is 16.2. The minimum atomic E-state index is -3.55. The van der Waals surface area contributed by atoms with Crippen molar-refractivity contribution in [3.8, 4) is 5.88 Å². The fraction of sp³-hybridized carbons (Fsp3) is 0.350. The van der Waals surface area contributed by atoms with Crippen molar-refractivity contribution in [1.29, 1.82) is 0 Å². The number of ether oxygens (including phenoxy) is 1. The molecule has 1 aromatic carbocycles. The highest BCUT2D eigenvalue weighted by Crippen LogP contribution is 2.42. The summed E-state index contributed by atoms with van der Waals surface area (Å²) in [6, 6.07) is 2.86. The molecule has 0 spiro atoms. The van der Waals surface area contributed by atoms with Crippen molar-refractivity contribution < 1.29 is 26.3 Å². The van der Waals surface area contributed by atoms with Gasteiger partial charge in [-0.05, 0) is 36.6 Å². The highest BCUT2D eigenvalue weighted by atomic mass is 32.2. The van der Waals surface area contributed by atoms with E-state index < -0.39 is 44.7 Å². The number of fused-ring (bicyclic) bond motifs is 2. The van der Waals surface area contributed by atoms with Gasteiger partial charge in [0.2, 0.25) is 5.88 Å². The molecule has 3 unspecified atom stereocenters. The number of halogens is 3. The van der Waals surface area contributed by atoms with Gasteiger partial charge in [-0.2, -0.15) is 0 Å². The van der Waals surface area contributed by atoms with E-state index in [2.05, 4.69) is 15.0 Å². The van der Waals surface area contributed by atoms with Crippen LogP contribution in [-0.4, -0.2) is 48.0 Å². The number of nitrogens with two attached hydrogens (primary N) is 1. The van der Waals surface area contributed by atoms with Gasteiger partial charge >= 0.3 is 0 Å². The maximum Gasteiger partial charge on any atom is 0.232 e. The zero-order chi connectivity index (χ0) is 22.2. The van der Waals surface area contributed by atoms with E-state index in [-0.39, 0.29) is 29.6 Å². The summed E-state index contributed by atoms with van der Waals surface area (Å²) in [4.78, 5) is 12.0. The van der Waals surface area contributed by atoms with E-state index in [0.717, 1.165) is 24.5 Å². The Kier molecular flexibility index (Phi) is 5.69. The van der Waals surface area contributed by atoms with Gasteiger partial charge in [0, 0.05) is 5.56 Å². The van der Waals surface area contributed by atoms with Crippen LogP contribution in [0.25, 0.3) is 11.9 Å². The topological polar surface area (TPSA) is 108 Å². The van der Waals surface area contributed by atoms with Gasteiger partial charge < -0.3 is 10.5 Å². The van der Waals surface area contributed by atoms with Gasteiger partial charge in [-0.1, -0.05) is 6.07 Å². The van der Waals surface area contributed by atoms with Crippen molar-refractivity contribution in [2.75, 3.05) is 13.3 Å². The molecular weight excluding hydrogens is 433 g/mol. The van der Waals surface area contributed by atoms with E-state index in [1.54, 1.807) is 0 Å². The summed E-state index contributed by atoms with van der Waals surface area (Å²) in [5.74, 6) is -1.35. The molecule has 2 bridgehead atoms. The molecule has 31 heavy (non-hydrogen) atoms. The molecule has 2 aromatic rings. The summed E-state index contributed by atoms with van der Waals surface area (Å²) in [6.45, 7) is -0.875. The number of nitrogens with zero attached hydrogens (tertiary/aromatic N) is 3. The number of benzene rings is 1. The standard InChI is InChI=1S/C20H19F3N4O3S/c21-5-6-30-18-10-25-15(9-26-18)14(23)8-11-1-2-13(22)12(7-11)19-16-3-4-17(20(24)27-19)31(16,28)29/h1-2,7-10,16-17,19H,3-6H2,(H2,24,27)/b14-8-. The molecule has 2 aliphatic rings. The van der Waals surface area contributed by atoms with Gasteiger partial charge in [-0.3, -0.25) is 4.99 Å². The average molecular weight is 452 g/mol. The number of hydrogen-bond donors (Lipinski definition) is 1. The molecule has 11 heteroatoms. The minimum Gasteiger partial charge on any atom is -0.474 e. The fourth-order valence-electron chi connectivity index (χ4n) is 3.86. The van der Waals surface area contributed by atoms with Gasteiger partial charge in [0.1, 0.15) is 35.9 Å². The summed E-state index contributed by atoms with van der Waals surface area (Å²) in [7, 11) is -3.55. The molecule has 3 heterocycles. The van der Waals surface area contributed by atoms with Gasteiger partial charge in [-0.15, -0.1) is 0 Å². The summed E-state index contributed by atoms with van der Waals surface area (Å²) in [6.07, 6.45) is 4.11. The lowest BCUT2D eigenvalue weighted by Crippen LogP contribution is -2.42. The predicted octanol–water partition coefficient (Wildman–Crippen LogP) is 2.79. The van der Waals surface area contributed by atoms with E-state index in [9.17, 15) is 21.6 Å². The number of amidine groups is 1. The first-order valence-corrected chi connectivity index (χ1v) is 11.2. The Labute approximate surface area is 176 Å². The largest absolute Gasteiger partial charge is 0.474 e. The van der Waals surface area contributed by atoms with Crippen LogP contribution in [0, 0.1) is 5.82 Å². The fourth-order valence-corrected chi connectivity index (χ4v) is 6.18. The maximum absolute atomic E-state index is 14.6. The van der Waals surface area contributed by atoms with Crippen molar-refractivity contribution >= 4 is 27.6 Å². The van der Waals surface area contributed by atoms with E-state index >= 15 is 0 Å². The van der Waals surface area contributed by atoms with Crippen LogP contribution in [0.5, 0.6) is 5.88 Å². The van der Waals surface area contributed by atoms with Crippen LogP contribution in [-0.2, 0) is 9.84 Å². The Morgan fingerprint density at radius 3 is 2.77 bits per heavy atom. The number of hydrogen-bond acceptors (Lipinski definition) is 7. The molecule has 1 aromatic heterocycles. The van der Waals surface area contributed by atoms with E-state index in [4.69, 9.17) is 10.5 Å². The normalized spacial score (nSPS) is 24.7. The molecule has 2 N–H and O–H groups in total. The molecule has 0 amide bonds. The molecule has 0 saturated carbocycles. The van der Waals surface area contributed by atoms with E-state index in [1.807, 2.05) is 0 Å². The average Bonchev–Trinajstić information content (AvgIpc) is 2.94. The monoisotopic (exact) mass is 452 g/mol. The first-order chi connectivity index (χ1) is 14.8. The number of aromatic nitrogens is 2. The third kappa shape index (κ3) is 4.01. The van der Waals surface area contributed by atoms with Gasteiger partial charge in [-0.25, -0.2) is 31.6 Å². The molecule has 2 aliphatic heterocycles. The number of sulfone groups is 1. The number of aliphatic imine (C=N–C) groups is 1. The van der Waals surface area contributed by atoms with Crippen LogP contribution >= 0.6 is 0 Å². The Morgan fingerprint density at radius 2 is 2.06 bits per heavy atom. The maximum atomic E-state index is 14.6. The summed E-state index contributed by atoms with van der Waals surface area (Å²) < 4.78 is 71.5. The van der Waals surface area contributed by atoms with Gasteiger partial charge in [0.15, 0.2) is 15.7 Å². The molecule has 3 atom stereocenters. The third-order valence-electron chi connectivity index (χ3n) is 5.33. The van der Waals surface area contributed by atoms with Crippen LogP contribution in [0.3, 0.4) is 0 Å². The van der Waals surface area contributed by atoms with Crippen molar-refractivity contribution in [2.45, 2.75) is 29.4 Å². The number of alkyl halides is 1. The molecule has 7 nitrogen and oxygen atoms in total. The molecule has 0 radical (unpaired) electrons. The van der Waals surface area contributed by atoms with Crippen LogP contribution < -0.4 is 10.5 Å². The van der Waals surface area contributed by atoms with Crippen molar-refractivity contribution in [2.24, 2.45) is 10.7 Å². The first-order valence-electron chi connectivity index (χ1n) is 9.55. The molecule has 164 valence electrons. The Balaban J connectivity index is 1.63. The Hall–Kier alpha value is -2.95. The van der Waals surface area contributed by atoms with Crippen LogP contribution in [0.1, 0.15) is 35.7 Å². The Bertz CT molecular complexity index is 1150. The van der Waals surface area contributed by atoms with Crippen molar-refractivity contribution in [3.63, 3.8) is 0 Å². The van der Waals surface area contributed by atoms with Crippen LogP contribution in [0.2, 0.25) is 0 Å². The summed E-state index contributed by atoms with van der Waals surface area (Å²) in [5, 5.41) is -1.67. The lowest BCUT2D eigenvalue weighted by atomic mass is 9.98. The third-order valence-corrected chi connectivity index (χ3v) is 7.94. The quantitative estimate of drug-likeness (QED) is 0.722. The SMILES string of the molecule is NC1=NC(c2cc(/C=C(\F)c3cnc(OCCF)cn3)ccc2F)C2CCC1S2(=O)=O. The second-order valence-corrected chi connectivity index (χ2v) is 9.60. The smallest absolute Gasteiger partial charge is 0.232 e. The number of rotatable bonds is 6. The molecule has 4 rings (SSSR count). The Morgan fingerprint density at radius 1 is 1.26 bits per heavy atom. The summed E-state index contributed by atoms with van der Waals surface area (Å²) in [5.41, 5.74) is 6.07. The van der Waals surface area contributed by atoms with Crippen molar-refractivity contribution in [1.82, 2.24) is 9.97 Å². The highest BCUT2D eigenvalue weighted by Gasteiger charge is 2.51. The minimum absolute atomic E-state index is 0.0179. The molecule has 1 fully saturated rings.